The van der Waals surface area contributed by atoms with E-state index < -0.39 is 6.04 Å². The van der Waals surface area contributed by atoms with Crippen LogP contribution in [-0.2, 0) is 11.3 Å². The minimum Gasteiger partial charge on any atom is -0.350 e. The van der Waals surface area contributed by atoms with Crippen LogP contribution in [0.25, 0.3) is 0 Å². The third-order valence-electron chi connectivity index (χ3n) is 3.29. The Bertz CT molecular complexity index is 519. The summed E-state index contributed by atoms with van der Waals surface area (Å²) in [5.74, 6) is -0.193. The van der Waals surface area contributed by atoms with Gasteiger partial charge in [0.2, 0.25) is 5.91 Å². The number of nitrogens with one attached hydrogen (secondary N) is 2. The highest BCUT2D eigenvalue weighted by molar-refractivity contribution is 6.31. The molecule has 1 aromatic carbocycles. The quantitative estimate of drug-likeness (QED) is 0.889. The predicted molar refractivity (Wildman–Crippen MR) is 77.5 cm³/mol. The van der Waals surface area contributed by atoms with E-state index in [1.807, 2.05) is 32.0 Å². The molecule has 0 saturated carbocycles. The van der Waals surface area contributed by atoms with Crippen LogP contribution < -0.4 is 10.6 Å². The van der Waals surface area contributed by atoms with Gasteiger partial charge in [0, 0.05) is 17.6 Å². The van der Waals surface area contributed by atoms with Crippen LogP contribution in [0.3, 0.4) is 0 Å². The third kappa shape index (κ3) is 3.22. The van der Waals surface area contributed by atoms with E-state index in [1.54, 1.807) is 11.0 Å². The lowest BCUT2D eigenvalue weighted by Crippen LogP contribution is -2.42. The Balaban J connectivity index is 1.91. The Labute approximate surface area is 123 Å². The molecule has 1 heterocycles. The van der Waals surface area contributed by atoms with Crippen molar-refractivity contribution in [2.75, 3.05) is 6.54 Å². The number of carbonyl (C=O) groups is 2. The molecule has 3 amide bonds. The molecule has 1 fully saturated rings. The smallest absolute Gasteiger partial charge is 0.318 e. The summed E-state index contributed by atoms with van der Waals surface area (Å²) in [6.07, 6.45) is 0. The van der Waals surface area contributed by atoms with Gasteiger partial charge in [-0.2, -0.15) is 0 Å². The van der Waals surface area contributed by atoms with Gasteiger partial charge < -0.3 is 15.5 Å². The Morgan fingerprint density at radius 3 is 2.80 bits per heavy atom. The average molecular weight is 296 g/mol. The molecule has 0 bridgehead atoms. The van der Waals surface area contributed by atoms with Crippen LogP contribution in [0.15, 0.2) is 24.3 Å². The molecule has 2 rings (SSSR count). The van der Waals surface area contributed by atoms with E-state index in [-0.39, 0.29) is 18.0 Å². The van der Waals surface area contributed by atoms with Gasteiger partial charge >= 0.3 is 6.03 Å². The van der Waals surface area contributed by atoms with Crippen molar-refractivity contribution in [1.82, 2.24) is 15.5 Å². The number of nitrogens with zero attached hydrogens (tertiary/aromatic N) is 1. The minimum absolute atomic E-state index is 0.0800. The summed E-state index contributed by atoms with van der Waals surface area (Å²) in [4.78, 5) is 25.4. The molecule has 0 spiro atoms. The lowest BCUT2D eigenvalue weighted by Gasteiger charge is -2.18. The van der Waals surface area contributed by atoms with E-state index in [0.29, 0.717) is 18.1 Å². The second kappa shape index (κ2) is 6.13. The SMILES string of the molecule is CC(C)N1CC(C(=O)NCc2ccccc2Cl)NC1=O. The van der Waals surface area contributed by atoms with E-state index in [2.05, 4.69) is 10.6 Å². The fraction of sp³-hybridized carbons (Fsp3) is 0.429. The van der Waals surface area contributed by atoms with Crippen molar-refractivity contribution in [3.63, 3.8) is 0 Å². The van der Waals surface area contributed by atoms with Gasteiger partial charge in [-0.1, -0.05) is 29.8 Å². The molecule has 1 saturated heterocycles. The second-order valence-corrected chi connectivity index (χ2v) is 5.46. The number of rotatable bonds is 4. The summed E-state index contributed by atoms with van der Waals surface area (Å²) < 4.78 is 0. The average Bonchev–Trinajstić information content (AvgIpc) is 2.80. The van der Waals surface area contributed by atoms with Crippen LogP contribution in [0, 0.1) is 0 Å². The van der Waals surface area contributed by atoms with E-state index in [9.17, 15) is 9.59 Å². The Kier molecular flexibility index (Phi) is 4.49. The van der Waals surface area contributed by atoms with Crippen molar-refractivity contribution in [2.45, 2.75) is 32.5 Å². The number of urea groups is 1. The molecule has 1 aliphatic heterocycles. The highest BCUT2D eigenvalue weighted by atomic mass is 35.5. The van der Waals surface area contributed by atoms with Gasteiger partial charge in [0.25, 0.3) is 0 Å². The molecule has 2 N–H and O–H groups in total. The lowest BCUT2D eigenvalue weighted by atomic mass is 10.2. The minimum atomic E-state index is -0.507. The van der Waals surface area contributed by atoms with Crippen molar-refractivity contribution in [2.24, 2.45) is 0 Å². The first-order valence-corrected chi connectivity index (χ1v) is 6.95. The molecule has 5 nitrogen and oxygen atoms in total. The van der Waals surface area contributed by atoms with Crippen LogP contribution in [0.5, 0.6) is 0 Å². The summed E-state index contributed by atoms with van der Waals surface area (Å²) >= 11 is 6.03. The molecular weight excluding hydrogens is 278 g/mol. The normalized spacial score (nSPS) is 18.3. The summed E-state index contributed by atoms with van der Waals surface area (Å²) in [5, 5.41) is 6.09. The van der Waals surface area contributed by atoms with Crippen molar-refractivity contribution in [3.8, 4) is 0 Å². The maximum Gasteiger partial charge on any atom is 0.318 e. The number of halogens is 1. The molecule has 20 heavy (non-hydrogen) atoms. The zero-order chi connectivity index (χ0) is 14.7. The van der Waals surface area contributed by atoms with Crippen LogP contribution in [-0.4, -0.2) is 35.5 Å². The first-order valence-electron chi connectivity index (χ1n) is 6.57. The van der Waals surface area contributed by atoms with Crippen molar-refractivity contribution >= 4 is 23.5 Å². The van der Waals surface area contributed by atoms with Gasteiger partial charge in [0.1, 0.15) is 6.04 Å². The monoisotopic (exact) mass is 295 g/mol. The van der Waals surface area contributed by atoms with Crippen LogP contribution in [0.2, 0.25) is 5.02 Å². The highest BCUT2D eigenvalue weighted by Gasteiger charge is 2.34. The maximum atomic E-state index is 12.0. The van der Waals surface area contributed by atoms with Crippen LogP contribution in [0.4, 0.5) is 4.79 Å². The zero-order valence-electron chi connectivity index (χ0n) is 11.5. The number of benzene rings is 1. The summed E-state index contributed by atoms with van der Waals surface area (Å²) in [5.41, 5.74) is 0.854. The molecule has 1 atom stereocenters. The molecule has 108 valence electrons. The van der Waals surface area contributed by atoms with E-state index in [1.165, 1.54) is 0 Å². The van der Waals surface area contributed by atoms with Crippen molar-refractivity contribution in [1.29, 1.82) is 0 Å². The molecule has 0 aromatic heterocycles. The second-order valence-electron chi connectivity index (χ2n) is 5.06. The fourth-order valence-electron chi connectivity index (χ4n) is 2.10. The Morgan fingerprint density at radius 1 is 1.50 bits per heavy atom. The molecule has 1 aromatic rings. The predicted octanol–water partition coefficient (Wildman–Crippen LogP) is 1.76. The largest absolute Gasteiger partial charge is 0.350 e. The first kappa shape index (κ1) is 14.7. The van der Waals surface area contributed by atoms with Gasteiger partial charge in [-0.3, -0.25) is 4.79 Å². The topological polar surface area (TPSA) is 61.4 Å². The van der Waals surface area contributed by atoms with Gasteiger partial charge in [0.05, 0.1) is 6.54 Å². The molecule has 0 aliphatic carbocycles. The Morgan fingerprint density at radius 2 is 2.20 bits per heavy atom. The number of carbonyl (C=O) groups excluding carboxylic acids is 2. The molecular formula is C14H18ClN3O2. The Hall–Kier alpha value is -1.75. The highest BCUT2D eigenvalue weighted by Crippen LogP contribution is 2.14. The summed E-state index contributed by atoms with van der Waals surface area (Å²) in [6.45, 7) is 4.59. The van der Waals surface area contributed by atoms with Crippen molar-refractivity contribution < 1.29 is 9.59 Å². The standard InChI is InChI=1S/C14H18ClN3O2/c1-9(2)18-8-12(17-14(18)20)13(19)16-7-10-5-3-4-6-11(10)15/h3-6,9,12H,7-8H2,1-2H3,(H,16,19)(H,17,20). The number of amides is 3. The molecule has 1 aliphatic rings. The van der Waals surface area contributed by atoms with Gasteiger partial charge in [0.15, 0.2) is 0 Å². The summed E-state index contributed by atoms with van der Waals surface area (Å²) in [7, 11) is 0. The molecule has 0 radical (unpaired) electrons. The van der Waals surface area contributed by atoms with E-state index >= 15 is 0 Å². The maximum absolute atomic E-state index is 12.0. The van der Waals surface area contributed by atoms with Crippen LogP contribution >= 0.6 is 11.6 Å². The zero-order valence-corrected chi connectivity index (χ0v) is 12.3. The van der Waals surface area contributed by atoms with E-state index in [0.717, 1.165) is 5.56 Å². The van der Waals surface area contributed by atoms with Gasteiger partial charge in [-0.05, 0) is 25.5 Å². The fourth-order valence-corrected chi connectivity index (χ4v) is 2.30. The number of hydrogen-bond acceptors (Lipinski definition) is 2. The van der Waals surface area contributed by atoms with E-state index in [4.69, 9.17) is 11.6 Å². The third-order valence-corrected chi connectivity index (χ3v) is 3.66. The molecule has 6 heteroatoms. The van der Waals surface area contributed by atoms with Crippen molar-refractivity contribution in [3.05, 3.63) is 34.9 Å². The molecule has 1 unspecified atom stereocenters. The van der Waals surface area contributed by atoms with Crippen LogP contribution in [0.1, 0.15) is 19.4 Å². The summed E-state index contributed by atoms with van der Waals surface area (Å²) in [6, 6.07) is 6.72. The number of hydrogen-bond donors (Lipinski definition) is 2. The van der Waals surface area contributed by atoms with Gasteiger partial charge in [-0.15, -0.1) is 0 Å². The van der Waals surface area contributed by atoms with Gasteiger partial charge in [-0.25, -0.2) is 4.79 Å². The lowest BCUT2D eigenvalue weighted by molar-refractivity contribution is -0.122. The first-order chi connectivity index (χ1) is 9.49.